The molecular formula is C15H18N2. The first-order chi connectivity index (χ1) is 8.24. The van der Waals surface area contributed by atoms with E-state index >= 15 is 0 Å². The average Bonchev–Trinajstić information content (AvgIpc) is 2.33. The minimum atomic E-state index is 0.132. The predicted molar refractivity (Wildman–Crippen MR) is 70.8 cm³/mol. The highest BCUT2D eigenvalue weighted by molar-refractivity contribution is 5.22. The Kier molecular flexibility index (Phi) is 3.89. The fraction of sp³-hybridized carbons (Fsp3) is 0.267. The van der Waals surface area contributed by atoms with Gasteiger partial charge in [0.05, 0.1) is 0 Å². The number of rotatable bonds is 4. The van der Waals surface area contributed by atoms with Crippen LogP contribution in [0.25, 0.3) is 0 Å². The molecule has 2 nitrogen and oxygen atoms in total. The highest BCUT2D eigenvalue weighted by Gasteiger charge is 2.05. The molecule has 0 saturated carbocycles. The lowest BCUT2D eigenvalue weighted by Gasteiger charge is -2.11. The van der Waals surface area contributed by atoms with Crippen LogP contribution in [0.5, 0.6) is 0 Å². The number of nitrogens with zero attached hydrogens (tertiary/aromatic N) is 1. The van der Waals surface area contributed by atoms with Gasteiger partial charge in [0, 0.05) is 24.4 Å². The zero-order valence-electron chi connectivity index (χ0n) is 10.1. The molecule has 0 bridgehead atoms. The van der Waals surface area contributed by atoms with E-state index in [0.717, 1.165) is 18.5 Å². The van der Waals surface area contributed by atoms with E-state index in [1.54, 1.807) is 0 Å². The zero-order chi connectivity index (χ0) is 12.1. The molecule has 0 fully saturated rings. The van der Waals surface area contributed by atoms with Gasteiger partial charge in [0.1, 0.15) is 0 Å². The van der Waals surface area contributed by atoms with Crippen LogP contribution < -0.4 is 5.73 Å². The first-order valence-electron chi connectivity index (χ1n) is 5.95. The van der Waals surface area contributed by atoms with Crippen molar-refractivity contribution in [2.75, 3.05) is 0 Å². The van der Waals surface area contributed by atoms with Gasteiger partial charge in [-0.25, -0.2) is 0 Å². The Hall–Kier alpha value is -1.67. The Morgan fingerprint density at radius 1 is 1.06 bits per heavy atom. The van der Waals surface area contributed by atoms with Crippen molar-refractivity contribution in [3.05, 3.63) is 65.5 Å². The smallest absolute Gasteiger partial charge is 0.0419 e. The summed E-state index contributed by atoms with van der Waals surface area (Å²) in [5.74, 6) is 0. The Morgan fingerprint density at radius 3 is 2.47 bits per heavy atom. The molecule has 0 spiro atoms. The molecule has 1 heterocycles. The molecule has 17 heavy (non-hydrogen) atoms. The van der Waals surface area contributed by atoms with Crippen molar-refractivity contribution in [3.8, 4) is 0 Å². The molecule has 0 radical (unpaired) electrons. The van der Waals surface area contributed by atoms with E-state index in [4.69, 9.17) is 5.73 Å². The van der Waals surface area contributed by atoms with Gasteiger partial charge in [-0.3, -0.25) is 4.98 Å². The van der Waals surface area contributed by atoms with Crippen LogP contribution in [0.1, 0.15) is 16.8 Å². The molecular weight excluding hydrogens is 208 g/mol. The molecule has 0 aliphatic carbocycles. The Balaban J connectivity index is 1.93. The van der Waals surface area contributed by atoms with Crippen molar-refractivity contribution < 1.29 is 0 Å². The van der Waals surface area contributed by atoms with E-state index in [1.807, 2.05) is 24.4 Å². The highest BCUT2D eigenvalue weighted by Crippen LogP contribution is 2.07. The molecule has 2 N–H and O–H groups in total. The lowest BCUT2D eigenvalue weighted by molar-refractivity contribution is 0.654. The van der Waals surface area contributed by atoms with Gasteiger partial charge in [-0.2, -0.15) is 0 Å². The second-order valence-electron chi connectivity index (χ2n) is 4.48. The second-order valence-corrected chi connectivity index (χ2v) is 4.48. The van der Waals surface area contributed by atoms with Crippen molar-refractivity contribution in [1.29, 1.82) is 0 Å². The second kappa shape index (κ2) is 5.60. The first kappa shape index (κ1) is 11.8. The van der Waals surface area contributed by atoms with Gasteiger partial charge < -0.3 is 5.73 Å². The molecule has 1 unspecified atom stereocenters. The Labute approximate surface area is 103 Å². The fourth-order valence-electron chi connectivity index (χ4n) is 1.89. The van der Waals surface area contributed by atoms with Crippen LogP contribution in [0, 0.1) is 6.92 Å². The minimum Gasteiger partial charge on any atom is -0.327 e. The molecule has 88 valence electrons. The maximum absolute atomic E-state index is 6.14. The van der Waals surface area contributed by atoms with Gasteiger partial charge >= 0.3 is 0 Å². The van der Waals surface area contributed by atoms with Crippen LogP contribution in [0.2, 0.25) is 0 Å². The lowest BCUT2D eigenvalue weighted by atomic mass is 10.0. The molecule has 2 aromatic rings. The van der Waals surface area contributed by atoms with Gasteiger partial charge in [0.25, 0.3) is 0 Å². The van der Waals surface area contributed by atoms with Crippen LogP contribution in [0.15, 0.2) is 48.7 Å². The van der Waals surface area contributed by atoms with Crippen molar-refractivity contribution >= 4 is 0 Å². The number of aromatic nitrogens is 1. The normalized spacial score (nSPS) is 12.4. The summed E-state index contributed by atoms with van der Waals surface area (Å²) < 4.78 is 0. The molecule has 0 aliphatic rings. The van der Waals surface area contributed by atoms with Gasteiger partial charge in [-0.05, 0) is 31.0 Å². The van der Waals surface area contributed by atoms with Gasteiger partial charge in [-0.1, -0.05) is 35.9 Å². The van der Waals surface area contributed by atoms with Gasteiger partial charge in [0.15, 0.2) is 0 Å². The Bertz CT molecular complexity index is 448. The molecule has 0 aliphatic heterocycles. The molecule has 1 atom stereocenters. The van der Waals surface area contributed by atoms with Crippen molar-refractivity contribution in [1.82, 2.24) is 4.98 Å². The van der Waals surface area contributed by atoms with E-state index in [1.165, 1.54) is 11.1 Å². The standard InChI is InChI=1S/C15H18N2/c1-12-5-7-13(8-6-12)10-14(16)11-15-4-2-3-9-17-15/h2-9,14H,10-11,16H2,1H3. The highest BCUT2D eigenvalue weighted by atomic mass is 14.7. The molecule has 1 aromatic heterocycles. The molecule has 2 rings (SSSR count). The number of hydrogen-bond donors (Lipinski definition) is 1. The molecule has 0 saturated heterocycles. The minimum absolute atomic E-state index is 0.132. The van der Waals surface area contributed by atoms with E-state index in [0.29, 0.717) is 0 Å². The van der Waals surface area contributed by atoms with Crippen LogP contribution in [0.4, 0.5) is 0 Å². The summed E-state index contributed by atoms with van der Waals surface area (Å²) >= 11 is 0. The van der Waals surface area contributed by atoms with Crippen molar-refractivity contribution in [2.24, 2.45) is 5.73 Å². The summed E-state index contributed by atoms with van der Waals surface area (Å²) in [4.78, 5) is 4.29. The molecule has 0 amide bonds. The van der Waals surface area contributed by atoms with E-state index in [9.17, 15) is 0 Å². The van der Waals surface area contributed by atoms with Crippen molar-refractivity contribution in [2.45, 2.75) is 25.8 Å². The number of hydrogen-bond acceptors (Lipinski definition) is 2. The van der Waals surface area contributed by atoms with E-state index < -0.39 is 0 Å². The number of pyridine rings is 1. The van der Waals surface area contributed by atoms with Crippen molar-refractivity contribution in [3.63, 3.8) is 0 Å². The third kappa shape index (κ3) is 3.68. The van der Waals surface area contributed by atoms with E-state index in [2.05, 4.69) is 36.2 Å². The summed E-state index contributed by atoms with van der Waals surface area (Å²) in [6.45, 7) is 2.09. The average molecular weight is 226 g/mol. The molecule has 2 heteroatoms. The SMILES string of the molecule is Cc1ccc(CC(N)Cc2ccccn2)cc1. The summed E-state index contributed by atoms with van der Waals surface area (Å²) in [7, 11) is 0. The molecule has 1 aromatic carbocycles. The number of benzene rings is 1. The summed E-state index contributed by atoms with van der Waals surface area (Å²) in [6.07, 6.45) is 3.54. The quantitative estimate of drug-likeness (QED) is 0.870. The summed E-state index contributed by atoms with van der Waals surface area (Å²) in [6, 6.07) is 14.6. The predicted octanol–water partition coefficient (Wildman–Crippen LogP) is 2.50. The topological polar surface area (TPSA) is 38.9 Å². The third-order valence-electron chi connectivity index (χ3n) is 2.82. The van der Waals surface area contributed by atoms with Crippen LogP contribution in [-0.2, 0) is 12.8 Å². The third-order valence-corrected chi connectivity index (χ3v) is 2.82. The van der Waals surface area contributed by atoms with Crippen LogP contribution in [0.3, 0.4) is 0 Å². The monoisotopic (exact) mass is 226 g/mol. The van der Waals surface area contributed by atoms with E-state index in [-0.39, 0.29) is 6.04 Å². The number of nitrogens with two attached hydrogens (primary N) is 1. The van der Waals surface area contributed by atoms with Crippen LogP contribution >= 0.6 is 0 Å². The number of aryl methyl sites for hydroxylation is 1. The zero-order valence-corrected chi connectivity index (χ0v) is 10.1. The maximum Gasteiger partial charge on any atom is 0.0419 e. The lowest BCUT2D eigenvalue weighted by Crippen LogP contribution is -2.25. The van der Waals surface area contributed by atoms with Crippen LogP contribution in [-0.4, -0.2) is 11.0 Å². The first-order valence-corrected chi connectivity index (χ1v) is 5.95. The van der Waals surface area contributed by atoms with Gasteiger partial charge in [-0.15, -0.1) is 0 Å². The largest absolute Gasteiger partial charge is 0.327 e. The van der Waals surface area contributed by atoms with Gasteiger partial charge in [0.2, 0.25) is 0 Å². The maximum atomic E-state index is 6.14. The Morgan fingerprint density at radius 2 is 1.82 bits per heavy atom. The summed E-state index contributed by atoms with van der Waals surface area (Å²) in [5.41, 5.74) is 9.77. The summed E-state index contributed by atoms with van der Waals surface area (Å²) in [5, 5.41) is 0. The fourth-order valence-corrected chi connectivity index (χ4v) is 1.89.